The van der Waals surface area contributed by atoms with Crippen LogP contribution in [0.25, 0.3) is 16.3 Å². The molecule has 7 heteroatoms. The minimum Gasteiger partial charge on any atom is -0.240 e. The number of aromatic nitrogens is 5. The molecule has 0 saturated carbocycles. The first kappa shape index (κ1) is 18.8. The second-order valence-corrected chi connectivity index (χ2v) is 8.72. The molecule has 142 valence electrons. The normalized spacial score (nSPS) is 11.3. The Labute approximate surface area is 172 Å². The average molecular weight is 408 g/mol. The van der Waals surface area contributed by atoms with Gasteiger partial charge >= 0.3 is 0 Å². The van der Waals surface area contributed by atoms with Crippen molar-refractivity contribution in [3.8, 4) is 16.3 Å². The molecule has 2 aromatic heterocycles. The summed E-state index contributed by atoms with van der Waals surface area (Å²) in [6.45, 7) is 6.46. The zero-order valence-electron chi connectivity index (χ0n) is 16.0. The lowest BCUT2D eigenvalue weighted by atomic mass is 10.0. The third-order valence-corrected chi connectivity index (χ3v) is 6.34. The van der Waals surface area contributed by atoms with Gasteiger partial charge < -0.3 is 0 Å². The fourth-order valence-electron chi connectivity index (χ4n) is 2.77. The maximum Gasteiger partial charge on any atom is 0.214 e. The molecule has 0 aliphatic carbocycles. The molecule has 4 rings (SSSR count). The molecule has 0 spiro atoms. The van der Waals surface area contributed by atoms with Gasteiger partial charge in [-0.25, -0.2) is 4.98 Å². The maximum absolute atomic E-state index is 4.76. The second kappa shape index (κ2) is 8.24. The molecule has 28 heavy (non-hydrogen) atoms. The summed E-state index contributed by atoms with van der Waals surface area (Å²) >= 11 is 3.26. The van der Waals surface area contributed by atoms with Gasteiger partial charge in [0.05, 0.1) is 11.4 Å². The smallest absolute Gasteiger partial charge is 0.214 e. The Kier molecular flexibility index (Phi) is 5.54. The molecule has 0 unspecified atom stereocenters. The van der Waals surface area contributed by atoms with Gasteiger partial charge in [0.15, 0.2) is 0 Å². The van der Waals surface area contributed by atoms with E-state index >= 15 is 0 Å². The van der Waals surface area contributed by atoms with Gasteiger partial charge in [-0.1, -0.05) is 67.6 Å². The molecule has 0 saturated heterocycles. The van der Waals surface area contributed by atoms with E-state index in [9.17, 15) is 0 Å². The van der Waals surface area contributed by atoms with Gasteiger partial charge in [0.25, 0.3) is 0 Å². The molecule has 0 N–H and O–H groups in total. The van der Waals surface area contributed by atoms with Crippen LogP contribution in [0.3, 0.4) is 0 Å². The molecule has 2 heterocycles. The Morgan fingerprint density at radius 3 is 2.50 bits per heavy atom. The lowest BCUT2D eigenvalue weighted by Gasteiger charge is -2.07. The van der Waals surface area contributed by atoms with Crippen molar-refractivity contribution in [2.45, 2.75) is 37.6 Å². The predicted molar refractivity (Wildman–Crippen MR) is 115 cm³/mol. The van der Waals surface area contributed by atoms with Crippen LogP contribution in [0.4, 0.5) is 0 Å². The van der Waals surface area contributed by atoms with Gasteiger partial charge in [-0.05, 0) is 41.0 Å². The van der Waals surface area contributed by atoms with Crippen molar-refractivity contribution in [3.05, 3.63) is 70.7 Å². The summed E-state index contributed by atoms with van der Waals surface area (Å²) < 4.78 is 1.78. The van der Waals surface area contributed by atoms with Crippen LogP contribution < -0.4 is 0 Å². The van der Waals surface area contributed by atoms with E-state index in [2.05, 4.69) is 90.2 Å². The van der Waals surface area contributed by atoms with Crippen LogP contribution in [0.2, 0.25) is 0 Å². The number of thiazole rings is 1. The third-order valence-electron chi connectivity index (χ3n) is 4.44. The zero-order chi connectivity index (χ0) is 19.5. The van der Waals surface area contributed by atoms with Gasteiger partial charge in [-0.2, -0.15) is 4.68 Å². The summed E-state index contributed by atoms with van der Waals surface area (Å²) in [6.07, 6.45) is 0. The van der Waals surface area contributed by atoms with E-state index in [1.165, 1.54) is 11.1 Å². The minimum atomic E-state index is 0.504. The molecule has 0 aliphatic heterocycles. The highest BCUT2D eigenvalue weighted by molar-refractivity contribution is 7.98. The lowest BCUT2D eigenvalue weighted by Crippen LogP contribution is -2.00. The lowest BCUT2D eigenvalue weighted by molar-refractivity contribution is 0.754. The van der Waals surface area contributed by atoms with E-state index in [1.54, 1.807) is 27.8 Å². The van der Waals surface area contributed by atoms with Gasteiger partial charge in [0, 0.05) is 16.7 Å². The Hall–Kier alpha value is -2.51. The van der Waals surface area contributed by atoms with Crippen molar-refractivity contribution in [3.63, 3.8) is 0 Å². The second-order valence-electron chi connectivity index (χ2n) is 6.92. The number of tetrazole rings is 1. The summed E-state index contributed by atoms with van der Waals surface area (Å²) in [5.74, 6) is 1.23. The van der Waals surface area contributed by atoms with Crippen LogP contribution in [0.5, 0.6) is 0 Å². The van der Waals surface area contributed by atoms with E-state index in [0.717, 1.165) is 32.9 Å². The fraction of sp³-hybridized carbons (Fsp3) is 0.238. The van der Waals surface area contributed by atoms with Crippen LogP contribution in [0.1, 0.15) is 36.6 Å². The quantitative estimate of drug-likeness (QED) is 0.395. The summed E-state index contributed by atoms with van der Waals surface area (Å²) in [4.78, 5) is 4.76. The minimum absolute atomic E-state index is 0.504. The molecule has 4 aromatic rings. The van der Waals surface area contributed by atoms with Crippen LogP contribution >= 0.6 is 23.1 Å². The van der Waals surface area contributed by atoms with Gasteiger partial charge in [0.2, 0.25) is 5.16 Å². The topological polar surface area (TPSA) is 56.5 Å². The van der Waals surface area contributed by atoms with Crippen molar-refractivity contribution in [1.82, 2.24) is 25.2 Å². The number of thioether (sulfide) groups is 1. The molecule has 0 amide bonds. The number of aryl methyl sites for hydroxylation is 1. The highest BCUT2D eigenvalue weighted by Crippen LogP contribution is 2.28. The van der Waals surface area contributed by atoms with Crippen molar-refractivity contribution < 1.29 is 0 Å². The number of hydrogen-bond acceptors (Lipinski definition) is 6. The standard InChI is InChI=1S/C21H21N5S2/c1-14(2)16-8-10-19(11-9-16)26-21(23-24-25-26)28-13-18-12-27-20(22-18)17-6-4-15(3)5-7-17/h4-12,14H,13H2,1-3H3. The van der Waals surface area contributed by atoms with Crippen molar-refractivity contribution >= 4 is 23.1 Å². The van der Waals surface area contributed by atoms with E-state index < -0.39 is 0 Å². The Bertz CT molecular complexity index is 1050. The molecule has 0 bridgehead atoms. The van der Waals surface area contributed by atoms with Gasteiger partial charge in [-0.15, -0.1) is 16.4 Å². The number of nitrogens with zero attached hydrogens (tertiary/aromatic N) is 5. The first-order valence-electron chi connectivity index (χ1n) is 9.13. The number of benzene rings is 2. The van der Waals surface area contributed by atoms with Crippen LogP contribution in [0.15, 0.2) is 59.1 Å². The molecule has 0 aliphatic rings. The van der Waals surface area contributed by atoms with E-state index in [-0.39, 0.29) is 0 Å². The number of rotatable bonds is 6. The number of hydrogen-bond donors (Lipinski definition) is 0. The van der Waals surface area contributed by atoms with Gasteiger partial charge in [0.1, 0.15) is 5.01 Å². The molecular formula is C21H21N5S2. The van der Waals surface area contributed by atoms with E-state index in [0.29, 0.717) is 5.92 Å². The summed E-state index contributed by atoms with van der Waals surface area (Å²) in [7, 11) is 0. The van der Waals surface area contributed by atoms with E-state index in [1.807, 2.05) is 0 Å². The Morgan fingerprint density at radius 2 is 1.79 bits per heavy atom. The van der Waals surface area contributed by atoms with Crippen LogP contribution in [0, 0.1) is 6.92 Å². The summed E-state index contributed by atoms with van der Waals surface area (Å²) in [5.41, 5.74) is 5.72. The zero-order valence-corrected chi connectivity index (χ0v) is 17.7. The molecule has 0 fully saturated rings. The SMILES string of the molecule is Cc1ccc(-c2nc(CSc3nnnn3-c3ccc(C(C)C)cc3)cs2)cc1. The van der Waals surface area contributed by atoms with Crippen molar-refractivity contribution in [2.75, 3.05) is 0 Å². The van der Waals surface area contributed by atoms with Crippen LogP contribution in [-0.4, -0.2) is 25.2 Å². The summed E-state index contributed by atoms with van der Waals surface area (Å²) in [6, 6.07) is 16.9. The highest BCUT2D eigenvalue weighted by atomic mass is 32.2. The van der Waals surface area contributed by atoms with Crippen LogP contribution in [-0.2, 0) is 5.75 Å². The first-order chi connectivity index (χ1) is 13.6. The molecule has 0 radical (unpaired) electrons. The fourth-order valence-corrected chi connectivity index (χ4v) is 4.49. The maximum atomic E-state index is 4.76. The Morgan fingerprint density at radius 1 is 1.04 bits per heavy atom. The predicted octanol–water partition coefficient (Wildman–Crippen LogP) is 5.51. The summed E-state index contributed by atoms with van der Waals surface area (Å²) in [5, 5.41) is 16.1. The third kappa shape index (κ3) is 4.15. The monoisotopic (exact) mass is 407 g/mol. The molecule has 0 atom stereocenters. The molecule has 2 aromatic carbocycles. The molecular weight excluding hydrogens is 386 g/mol. The molecule has 5 nitrogen and oxygen atoms in total. The largest absolute Gasteiger partial charge is 0.240 e. The Balaban J connectivity index is 1.46. The first-order valence-corrected chi connectivity index (χ1v) is 11.0. The van der Waals surface area contributed by atoms with Crippen molar-refractivity contribution in [1.29, 1.82) is 0 Å². The average Bonchev–Trinajstić information content (AvgIpc) is 3.36. The highest BCUT2D eigenvalue weighted by Gasteiger charge is 2.12. The van der Waals surface area contributed by atoms with Gasteiger partial charge in [-0.3, -0.25) is 0 Å². The van der Waals surface area contributed by atoms with E-state index in [4.69, 9.17) is 4.98 Å². The van der Waals surface area contributed by atoms with Crippen molar-refractivity contribution in [2.24, 2.45) is 0 Å².